The molecule has 0 heterocycles. The Morgan fingerprint density at radius 1 is 1.00 bits per heavy atom. The molecule has 0 amide bonds. The third kappa shape index (κ3) is 4.90. The smallest absolute Gasteiger partial charge is 0.0942 e. The van der Waals surface area contributed by atoms with E-state index in [2.05, 4.69) is 44.7 Å². The van der Waals surface area contributed by atoms with E-state index < -0.39 is 6.10 Å². The van der Waals surface area contributed by atoms with Crippen molar-refractivity contribution in [3.05, 3.63) is 84.4 Å². The molecule has 2 heteroatoms. The van der Waals surface area contributed by atoms with Gasteiger partial charge in [0, 0.05) is 11.1 Å². The number of benzene rings is 2. The average Bonchev–Trinajstić information content (AvgIpc) is 2.59. The molecule has 23 heavy (non-hydrogen) atoms. The molecular formula is C21H25NO. The monoisotopic (exact) mass is 307 g/mol. The molecule has 0 radical (unpaired) electrons. The Hall–Kier alpha value is -2.19. The molecule has 0 spiro atoms. The molecule has 2 aromatic rings. The SMILES string of the molecule is C=C[C@H](O)[C@@H](CC(C)C)N=C(c1ccccc1)c1ccccc1. The molecule has 0 aromatic heterocycles. The van der Waals surface area contributed by atoms with Crippen molar-refractivity contribution < 1.29 is 5.11 Å². The summed E-state index contributed by atoms with van der Waals surface area (Å²) in [6.45, 7) is 8.01. The van der Waals surface area contributed by atoms with Crippen molar-refractivity contribution in [2.45, 2.75) is 32.4 Å². The second-order valence-electron chi connectivity index (χ2n) is 6.13. The molecule has 0 bridgehead atoms. The standard InChI is InChI=1S/C21H25NO/c1-4-20(23)19(15-16(2)3)22-21(17-11-7-5-8-12-17)18-13-9-6-10-14-18/h4-14,16,19-20,23H,1,15H2,2-3H3/t19-,20+/m1/s1. The summed E-state index contributed by atoms with van der Waals surface area (Å²) < 4.78 is 0. The van der Waals surface area contributed by atoms with Gasteiger partial charge in [-0.05, 0) is 12.3 Å². The Kier molecular flexibility index (Phi) is 6.30. The van der Waals surface area contributed by atoms with E-state index in [9.17, 15) is 5.11 Å². The Morgan fingerprint density at radius 3 is 1.87 bits per heavy atom. The summed E-state index contributed by atoms with van der Waals surface area (Å²) in [6, 6.07) is 20.1. The van der Waals surface area contributed by atoms with Gasteiger partial charge in [-0.3, -0.25) is 4.99 Å². The molecule has 0 saturated heterocycles. The lowest BCUT2D eigenvalue weighted by Crippen LogP contribution is -2.26. The predicted molar refractivity (Wildman–Crippen MR) is 98.0 cm³/mol. The van der Waals surface area contributed by atoms with Crippen molar-refractivity contribution in [3.8, 4) is 0 Å². The first-order valence-corrected chi connectivity index (χ1v) is 8.11. The van der Waals surface area contributed by atoms with E-state index in [0.29, 0.717) is 5.92 Å². The second kappa shape index (κ2) is 8.44. The van der Waals surface area contributed by atoms with Crippen LogP contribution in [0, 0.1) is 5.92 Å². The predicted octanol–water partition coefficient (Wildman–Crippen LogP) is 4.49. The first-order chi connectivity index (χ1) is 11.1. The van der Waals surface area contributed by atoms with Gasteiger partial charge in [-0.15, -0.1) is 6.58 Å². The van der Waals surface area contributed by atoms with Crippen molar-refractivity contribution in [1.82, 2.24) is 0 Å². The lowest BCUT2D eigenvalue weighted by Gasteiger charge is -2.20. The summed E-state index contributed by atoms with van der Waals surface area (Å²) in [4.78, 5) is 4.92. The van der Waals surface area contributed by atoms with Crippen LogP contribution in [-0.2, 0) is 0 Å². The van der Waals surface area contributed by atoms with E-state index in [1.165, 1.54) is 0 Å². The van der Waals surface area contributed by atoms with Gasteiger partial charge in [0.2, 0.25) is 0 Å². The van der Waals surface area contributed by atoms with Crippen molar-refractivity contribution >= 4 is 5.71 Å². The van der Waals surface area contributed by atoms with Crippen LogP contribution in [0.4, 0.5) is 0 Å². The van der Waals surface area contributed by atoms with E-state index in [1.807, 2.05) is 36.4 Å². The van der Waals surface area contributed by atoms with Gasteiger partial charge < -0.3 is 5.11 Å². The Morgan fingerprint density at radius 2 is 1.48 bits per heavy atom. The number of hydrogen-bond acceptors (Lipinski definition) is 2. The van der Waals surface area contributed by atoms with Gasteiger partial charge in [0.05, 0.1) is 17.9 Å². The van der Waals surface area contributed by atoms with Gasteiger partial charge in [-0.1, -0.05) is 80.6 Å². The highest BCUT2D eigenvalue weighted by Gasteiger charge is 2.19. The van der Waals surface area contributed by atoms with Crippen LogP contribution in [0.25, 0.3) is 0 Å². The average molecular weight is 307 g/mol. The maximum Gasteiger partial charge on any atom is 0.0942 e. The van der Waals surface area contributed by atoms with Gasteiger partial charge in [0.25, 0.3) is 0 Å². The highest BCUT2D eigenvalue weighted by atomic mass is 16.3. The molecule has 0 unspecified atom stereocenters. The zero-order valence-corrected chi connectivity index (χ0v) is 13.9. The first kappa shape index (κ1) is 17.2. The number of nitrogens with zero attached hydrogens (tertiary/aromatic N) is 1. The molecule has 1 N–H and O–H groups in total. The number of hydrogen-bond donors (Lipinski definition) is 1. The molecular weight excluding hydrogens is 282 g/mol. The van der Waals surface area contributed by atoms with Crippen molar-refractivity contribution in [2.75, 3.05) is 0 Å². The van der Waals surface area contributed by atoms with Crippen LogP contribution in [0.5, 0.6) is 0 Å². The van der Waals surface area contributed by atoms with Gasteiger partial charge in [-0.25, -0.2) is 0 Å². The largest absolute Gasteiger partial charge is 0.387 e. The van der Waals surface area contributed by atoms with E-state index in [-0.39, 0.29) is 6.04 Å². The van der Waals surface area contributed by atoms with Crippen molar-refractivity contribution in [2.24, 2.45) is 10.9 Å². The normalized spacial score (nSPS) is 13.4. The second-order valence-corrected chi connectivity index (χ2v) is 6.13. The van der Waals surface area contributed by atoms with Crippen LogP contribution in [-0.4, -0.2) is 23.0 Å². The van der Waals surface area contributed by atoms with E-state index in [4.69, 9.17) is 4.99 Å². The number of aliphatic hydroxyl groups is 1. The molecule has 0 saturated carbocycles. The van der Waals surface area contributed by atoms with Crippen LogP contribution in [0.3, 0.4) is 0 Å². The summed E-state index contributed by atoms with van der Waals surface area (Å²) >= 11 is 0. The van der Waals surface area contributed by atoms with Crippen LogP contribution in [0.15, 0.2) is 78.3 Å². The van der Waals surface area contributed by atoms with Crippen LogP contribution >= 0.6 is 0 Å². The third-order valence-corrected chi connectivity index (χ3v) is 3.74. The lowest BCUT2D eigenvalue weighted by atomic mass is 9.97. The molecule has 2 nitrogen and oxygen atoms in total. The fraction of sp³-hybridized carbons (Fsp3) is 0.286. The quantitative estimate of drug-likeness (QED) is 0.593. The topological polar surface area (TPSA) is 32.6 Å². The van der Waals surface area contributed by atoms with Crippen LogP contribution < -0.4 is 0 Å². The summed E-state index contributed by atoms with van der Waals surface area (Å²) in [6.07, 6.45) is 1.75. The Labute approximate surface area is 139 Å². The highest BCUT2D eigenvalue weighted by Crippen LogP contribution is 2.18. The number of aliphatic imine (C=N–C) groups is 1. The van der Waals surface area contributed by atoms with Gasteiger partial charge in [0.1, 0.15) is 0 Å². The van der Waals surface area contributed by atoms with Crippen molar-refractivity contribution in [3.63, 3.8) is 0 Å². The molecule has 0 aliphatic rings. The molecule has 0 aliphatic carbocycles. The van der Waals surface area contributed by atoms with Crippen molar-refractivity contribution in [1.29, 1.82) is 0 Å². The van der Waals surface area contributed by atoms with Crippen LogP contribution in [0.2, 0.25) is 0 Å². The van der Waals surface area contributed by atoms with Crippen LogP contribution in [0.1, 0.15) is 31.4 Å². The molecule has 0 fully saturated rings. The zero-order valence-electron chi connectivity index (χ0n) is 13.9. The summed E-state index contributed by atoms with van der Waals surface area (Å²) in [7, 11) is 0. The summed E-state index contributed by atoms with van der Waals surface area (Å²) in [5, 5.41) is 10.3. The number of aliphatic hydroxyl groups excluding tert-OH is 1. The maximum atomic E-state index is 10.3. The summed E-state index contributed by atoms with van der Waals surface area (Å²) in [5.74, 6) is 0.450. The molecule has 120 valence electrons. The fourth-order valence-electron chi connectivity index (χ4n) is 2.58. The first-order valence-electron chi connectivity index (χ1n) is 8.11. The molecule has 2 atom stereocenters. The highest BCUT2D eigenvalue weighted by molar-refractivity contribution is 6.12. The molecule has 2 rings (SSSR count). The fourth-order valence-corrected chi connectivity index (χ4v) is 2.58. The van der Waals surface area contributed by atoms with Gasteiger partial charge in [-0.2, -0.15) is 0 Å². The minimum absolute atomic E-state index is 0.192. The number of rotatable bonds is 7. The van der Waals surface area contributed by atoms with Gasteiger partial charge >= 0.3 is 0 Å². The minimum atomic E-state index is -0.639. The Bertz CT molecular complexity index is 590. The van der Waals surface area contributed by atoms with E-state index in [0.717, 1.165) is 23.3 Å². The van der Waals surface area contributed by atoms with Gasteiger partial charge in [0.15, 0.2) is 0 Å². The van der Waals surface area contributed by atoms with E-state index >= 15 is 0 Å². The van der Waals surface area contributed by atoms with E-state index in [1.54, 1.807) is 6.08 Å². The molecule has 2 aromatic carbocycles. The maximum absolute atomic E-state index is 10.3. The minimum Gasteiger partial charge on any atom is -0.387 e. The summed E-state index contributed by atoms with van der Waals surface area (Å²) in [5.41, 5.74) is 3.03. The Balaban J connectivity index is 2.48. The third-order valence-electron chi connectivity index (χ3n) is 3.74. The molecule has 0 aliphatic heterocycles. The lowest BCUT2D eigenvalue weighted by molar-refractivity contribution is 0.180. The zero-order chi connectivity index (χ0) is 16.7.